The van der Waals surface area contributed by atoms with Crippen LogP contribution >= 0.6 is 11.6 Å². The molecule has 2 rings (SSSR count). The Morgan fingerprint density at radius 3 is 3.15 bits per heavy atom. The predicted octanol–water partition coefficient (Wildman–Crippen LogP) is 0.556. The first-order valence-corrected chi connectivity index (χ1v) is 4.16. The predicted molar refractivity (Wildman–Crippen MR) is 44.1 cm³/mol. The monoisotopic (exact) mass is 202 g/mol. The molecule has 0 saturated heterocycles. The largest absolute Gasteiger partial charge is 0.481 e. The Bertz CT molecular complexity index is 361. The number of nitrogens with zero attached hydrogens (tertiary/aromatic N) is 2. The molecule has 1 N–H and O–H groups in total. The fraction of sp³-hybridized carbons (Fsp3) is 0.429. The van der Waals surface area contributed by atoms with Crippen molar-refractivity contribution in [1.82, 2.24) is 9.78 Å². The molecule has 1 aliphatic rings. The summed E-state index contributed by atoms with van der Waals surface area (Å²) in [5.74, 6) is -0.461. The summed E-state index contributed by atoms with van der Waals surface area (Å²) in [6, 6.07) is 0. The number of carboxylic acid groups (broad SMARTS) is 1. The molecule has 2 heterocycles. The van der Waals surface area contributed by atoms with Crippen LogP contribution in [0.2, 0.25) is 5.02 Å². The Kier molecular flexibility index (Phi) is 1.88. The Balaban J connectivity index is 2.33. The van der Waals surface area contributed by atoms with E-state index < -0.39 is 5.97 Å². The highest BCUT2D eigenvalue weighted by Crippen LogP contribution is 2.31. The number of aliphatic carboxylic acids is 1. The van der Waals surface area contributed by atoms with Gasteiger partial charge in [-0.3, -0.25) is 4.79 Å². The molecule has 0 saturated carbocycles. The van der Waals surface area contributed by atoms with Crippen molar-refractivity contribution in [2.75, 3.05) is 6.61 Å². The third-order valence-electron chi connectivity index (χ3n) is 1.78. The Hall–Kier alpha value is -1.23. The van der Waals surface area contributed by atoms with E-state index in [9.17, 15) is 4.79 Å². The molecule has 0 aromatic carbocycles. The van der Waals surface area contributed by atoms with Crippen LogP contribution in [-0.2, 0) is 17.8 Å². The number of ether oxygens (including phenoxy) is 1. The van der Waals surface area contributed by atoms with Crippen LogP contribution in [0.3, 0.4) is 0 Å². The van der Waals surface area contributed by atoms with Gasteiger partial charge in [0.25, 0.3) is 0 Å². The normalized spacial score (nSPS) is 13.9. The molecule has 1 aromatic heterocycles. The van der Waals surface area contributed by atoms with E-state index in [2.05, 4.69) is 5.10 Å². The van der Waals surface area contributed by atoms with E-state index in [4.69, 9.17) is 21.4 Å². The molecule has 0 fully saturated rings. The van der Waals surface area contributed by atoms with Crippen LogP contribution in [0.4, 0.5) is 0 Å². The second-order valence-electron chi connectivity index (χ2n) is 2.71. The maximum atomic E-state index is 10.4. The van der Waals surface area contributed by atoms with Crippen LogP contribution in [0.1, 0.15) is 5.69 Å². The summed E-state index contributed by atoms with van der Waals surface area (Å²) >= 11 is 5.84. The van der Waals surface area contributed by atoms with Gasteiger partial charge in [-0.2, -0.15) is 5.10 Å². The van der Waals surface area contributed by atoms with Gasteiger partial charge in [0.05, 0.1) is 18.7 Å². The zero-order valence-corrected chi connectivity index (χ0v) is 7.41. The number of hydrogen-bond donors (Lipinski definition) is 1. The number of carboxylic acids is 1. The van der Waals surface area contributed by atoms with E-state index in [1.165, 1.54) is 0 Å². The van der Waals surface area contributed by atoms with Crippen molar-refractivity contribution in [2.45, 2.75) is 13.0 Å². The lowest BCUT2D eigenvalue weighted by Crippen LogP contribution is -2.04. The molecule has 1 aromatic rings. The molecule has 0 unspecified atom stereocenters. The highest BCUT2D eigenvalue weighted by molar-refractivity contribution is 6.32. The fourth-order valence-corrected chi connectivity index (χ4v) is 1.50. The first-order chi connectivity index (χ1) is 6.18. The third-order valence-corrected chi connectivity index (χ3v) is 2.16. The molecule has 0 radical (unpaired) electrons. The van der Waals surface area contributed by atoms with Crippen molar-refractivity contribution in [3.63, 3.8) is 0 Å². The molecular formula is C7H7ClN2O3. The van der Waals surface area contributed by atoms with Crippen molar-refractivity contribution in [2.24, 2.45) is 0 Å². The van der Waals surface area contributed by atoms with Gasteiger partial charge in [0.2, 0.25) is 5.88 Å². The lowest BCUT2D eigenvalue weighted by Gasteiger charge is -1.93. The van der Waals surface area contributed by atoms with Gasteiger partial charge in [-0.1, -0.05) is 11.6 Å². The number of halogens is 1. The van der Waals surface area contributed by atoms with E-state index in [1.54, 1.807) is 4.68 Å². The van der Waals surface area contributed by atoms with E-state index in [0.29, 0.717) is 29.7 Å². The molecule has 6 heteroatoms. The number of fused-ring (bicyclic) bond motifs is 1. The second-order valence-corrected chi connectivity index (χ2v) is 3.09. The first kappa shape index (κ1) is 8.37. The third kappa shape index (κ3) is 1.35. The van der Waals surface area contributed by atoms with Gasteiger partial charge < -0.3 is 9.84 Å². The van der Waals surface area contributed by atoms with Crippen LogP contribution < -0.4 is 4.74 Å². The fourth-order valence-electron chi connectivity index (χ4n) is 1.25. The quantitative estimate of drug-likeness (QED) is 0.761. The summed E-state index contributed by atoms with van der Waals surface area (Å²) in [6.45, 7) is 1.18. The van der Waals surface area contributed by atoms with Crippen molar-refractivity contribution < 1.29 is 14.6 Å². The van der Waals surface area contributed by atoms with Gasteiger partial charge in [-0.05, 0) is 0 Å². The zero-order valence-electron chi connectivity index (χ0n) is 6.66. The second kappa shape index (κ2) is 2.92. The van der Waals surface area contributed by atoms with E-state index in [1.807, 2.05) is 0 Å². The smallest absolute Gasteiger partial charge is 0.309 e. The highest BCUT2D eigenvalue weighted by Gasteiger charge is 2.22. The minimum Gasteiger partial charge on any atom is -0.481 e. The average molecular weight is 203 g/mol. The van der Waals surface area contributed by atoms with Crippen LogP contribution in [0, 0.1) is 0 Å². The Morgan fingerprint density at radius 1 is 1.77 bits per heavy atom. The highest BCUT2D eigenvalue weighted by atomic mass is 35.5. The topological polar surface area (TPSA) is 64.3 Å². The van der Waals surface area contributed by atoms with E-state index >= 15 is 0 Å². The minimum absolute atomic E-state index is 0.164. The van der Waals surface area contributed by atoms with Crippen LogP contribution in [-0.4, -0.2) is 27.5 Å². The maximum absolute atomic E-state index is 10.4. The SMILES string of the molecule is O=C(O)Cc1nn2c(c1Cl)OCC2. The van der Waals surface area contributed by atoms with Crippen LogP contribution in [0.5, 0.6) is 5.88 Å². The molecule has 0 bridgehead atoms. The van der Waals surface area contributed by atoms with Crippen LogP contribution in [0.15, 0.2) is 0 Å². The standard InChI is InChI=1S/C7H7ClN2O3/c8-6-4(3-5(11)12)9-10-1-2-13-7(6)10/h1-3H2,(H,11,12). The molecule has 13 heavy (non-hydrogen) atoms. The van der Waals surface area contributed by atoms with Crippen molar-refractivity contribution in [1.29, 1.82) is 0 Å². The van der Waals surface area contributed by atoms with Crippen molar-refractivity contribution >= 4 is 17.6 Å². The molecule has 0 amide bonds. The summed E-state index contributed by atoms with van der Waals surface area (Å²) in [6.07, 6.45) is -0.164. The van der Waals surface area contributed by atoms with Gasteiger partial charge >= 0.3 is 5.97 Å². The lowest BCUT2D eigenvalue weighted by atomic mass is 10.3. The van der Waals surface area contributed by atoms with Gasteiger partial charge in [-0.15, -0.1) is 0 Å². The molecule has 70 valence electrons. The summed E-state index contributed by atoms with van der Waals surface area (Å²) in [5.41, 5.74) is 0.365. The first-order valence-electron chi connectivity index (χ1n) is 3.78. The van der Waals surface area contributed by atoms with Crippen molar-refractivity contribution in [3.8, 4) is 5.88 Å². The zero-order chi connectivity index (χ0) is 9.42. The molecule has 1 aliphatic heterocycles. The van der Waals surface area contributed by atoms with Crippen LogP contribution in [0.25, 0.3) is 0 Å². The number of aromatic nitrogens is 2. The summed E-state index contributed by atoms with van der Waals surface area (Å²) in [7, 11) is 0. The van der Waals surface area contributed by atoms with E-state index in [0.717, 1.165) is 0 Å². The molecule has 0 atom stereocenters. The molecule has 5 nitrogen and oxygen atoms in total. The van der Waals surface area contributed by atoms with Gasteiger partial charge in [-0.25, -0.2) is 4.68 Å². The average Bonchev–Trinajstić information content (AvgIpc) is 2.56. The summed E-state index contributed by atoms with van der Waals surface area (Å²) in [4.78, 5) is 10.4. The van der Waals surface area contributed by atoms with Crippen molar-refractivity contribution in [3.05, 3.63) is 10.7 Å². The summed E-state index contributed by atoms with van der Waals surface area (Å²) in [5, 5.41) is 12.9. The van der Waals surface area contributed by atoms with Gasteiger partial charge in [0.15, 0.2) is 0 Å². The van der Waals surface area contributed by atoms with Gasteiger partial charge in [0.1, 0.15) is 11.6 Å². The minimum atomic E-state index is -0.946. The molecule has 0 aliphatic carbocycles. The Labute approximate surface area is 78.9 Å². The number of rotatable bonds is 2. The number of carbonyl (C=O) groups is 1. The Morgan fingerprint density at radius 2 is 2.54 bits per heavy atom. The van der Waals surface area contributed by atoms with E-state index in [-0.39, 0.29) is 6.42 Å². The summed E-state index contributed by atoms with van der Waals surface area (Å²) < 4.78 is 6.75. The number of hydrogen-bond acceptors (Lipinski definition) is 3. The van der Waals surface area contributed by atoms with Gasteiger partial charge in [0, 0.05) is 0 Å². The molecule has 0 spiro atoms. The molecular weight excluding hydrogens is 196 g/mol. The lowest BCUT2D eigenvalue weighted by molar-refractivity contribution is -0.136. The maximum Gasteiger partial charge on any atom is 0.309 e.